The average molecular weight is 247 g/mol. The van der Waals surface area contributed by atoms with Crippen molar-refractivity contribution in [3.05, 3.63) is 17.2 Å². The van der Waals surface area contributed by atoms with Gasteiger partial charge in [-0.1, -0.05) is 32.6 Å². The smallest absolute Gasteiger partial charge is 0.109 e. The molecule has 3 rings (SSSR count). The molecule has 0 amide bonds. The highest BCUT2D eigenvalue weighted by atomic mass is 15.1. The van der Waals surface area contributed by atoms with E-state index in [4.69, 9.17) is 4.98 Å². The van der Waals surface area contributed by atoms with Crippen molar-refractivity contribution in [1.29, 1.82) is 0 Å². The van der Waals surface area contributed by atoms with E-state index in [1.807, 2.05) is 0 Å². The molecule has 3 heteroatoms. The normalized spacial score (nSPS) is 21.6. The Hall–Kier alpha value is -0.830. The summed E-state index contributed by atoms with van der Waals surface area (Å²) in [6.07, 6.45) is 10.6. The van der Waals surface area contributed by atoms with Crippen LogP contribution in [0.25, 0.3) is 0 Å². The summed E-state index contributed by atoms with van der Waals surface area (Å²) in [5.74, 6) is 1.33. The van der Waals surface area contributed by atoms with E-state index in [1.54, 1.807) is 0 Å². The van der Waals surface area contributed by atoms with Crippen molar-refractivity contribution < 1.29 is 0 Å². The van der Waals surface area contributed by atoms with Gasteiger partial charge in [0.25, 0.3) is 0 Å². The molecule has 0 spiro atoms. The maximum Gasteiger partial charge on any atom is 0.109 e. The summed E-state index contributed by atoms with van der Waals surface area (Å²) < 4.78 is 2.63. The number of imidazole rings is 1. The molecule has 1 fully saturated rings. The third-order valence-electron chi connectivity index (χ3n) is 4.50. The molecule has 1 N–H and O–H groups in total. The van der Waals surface area contributed by atoms with Crippen LogP contribution in [0.4, 0.5) is 0 Å². The fourth-order valence-corrected chi connectivity index (χ4v) is 3.59. The van der Waals surface area contributed by atoms with Crippen LogP contribution in [-0.2, 0) is 19.4 Å². The second kappa shape index (κ2) is 5.43. The zero-order valence-corrected chi connectivity index (χ0v) is 11.5. The summed E-state index contributed by atoms with van der Waals surface area (Å²) in [7, 11) is 0. The molecule has 0 atom stereocenters. The Labute approximate surface area is 110 Å². The Morgan fingerprint density at radius 2 is 2.00 bits per heavy atom. The van der Waals surface area contributed by atoms with Gasteiger partial charge in [-0.2, -0.15) is 0 Å². The number of aryl methyl sites for hydroxylation is 1. The van der Waals surface area contributed by atoms with Gasteiger partial charge >= 0.3 is 0 Å². The summed E-state index contributed by atoms with van der Waals surface area (Å²) in [5, 5.41) is 3.45. The van der Waals surface area contributed by atoms with Gasteiger partial charge in [-0.25, -0.2) is 4.98 Å². The van der Waals surface area contributed by atoms with E-state index in [9.17, 15) is 0 Å². The standard InChI is InChI=1S/C15H25N3/c1-2-15-17-13-11-16-10-9-14(13)18(15)12-7-5-3-4-6-8-12/h12,16H,2-11H2,1H3. The molecule has 1 aliphatic carbocycles. The molecule has 1 aromatic rings. The number of aromatic nitrogens is 2. The molecule has 0 saturated heterocycles. The minimum atomic E-state index is 0.733. The molecule has 3 nitrogen and oxygen atoms in total. The van der Waals surface area contributed by atoms with Crippen LogP contribution >= 0.6 is 0 Å². The molecule has 1 saturated carbocycles. The van der Waals surface area contributed by atoms with E-state index in [-0.39, 0.29) is 0 Å². The van der Waals surface area contributed by atoms with E-state index in [0.717, 1.165) is 25.6 Å². The first-order chi connectivity index (χ1) is 8.90. The molecular formula is C15H25N3. The maximum atomic E-state index is 4.88. The summed E-state index contributed by atoms with van der Waals surface area (Å²) in [4.78, 5) is 4.88. The number of hydrogen-bond donors (Lipinski definition) is 1. The molecule has 2 heterocycles. The lowest BCUT2D eigenvalue weighted by Gasteiger charge is -2.23. The first-order valence-electron chi connectivity index (χ1n) is 7.69. The summed E-state index contributed by atoms with van der Waals surface area (Å²) in [6.45, 7) is 4.34. The Kier molecular flexibility index (Phi) is 3.69. The first kappa shape index (κ1) is 12.2. The van der Waals surface area contributed by atoms with Gasteiger partial charge in [-0.05, 0) is 12.8 Å². The fraction of sp³-hybridized carbons (Fsp3) is 0.800. The molecule has 18 heavy (non-hydrogen) atoms. The van der Waals surface area contributed by atoms with Crippen molar-refractivity contribution in [1.82, 2.24) is 14.9 Å². The van der Waals surface area contributed by atoms with Crippen molar-refractivity contribution >= 4 is 0 Å². The predicted molar refractivity (Wildman–Crippen MR) is 73.8 cm³/mol. The van der Waals surface area contributed by atoms with Gasteiger partial charge in [0, 0.05) is 37.7 Å². The quantitative estimate of drug-likeness (QED) is 0.814. The second-order valence-corrected chi connectivity index (χ2v) is 5.72. The Morgan fingerprint density at radius 3 is 2.72 bits per heavy atom. The monoisotopic (exact) mass is 247 g/mol. The lowest BCUT2D eigenvalue weighted by Crippen LogP contribution is -2.26. The highest BCUT2D eigenvalue weighted by Gasteiger charge is 2.24. The highest BCUT2D eigenvalue weighted by molar-refractivity contribution is 5.21. The molecule has 2 aliphatic rings. The van der Waals surface area contributed by atoms with Gasteiger partial charge in [-0.3, -0.25) is 0 Å². The molecule has 1 aromatic heterocycles. The summed E-state index contributed by atoms with van der Waals surface area (Å²) in [6, 6.07) is 0.733. The van der Waals surface area contributed by atoms with Crippen LogP contribution in [0.1, 0.15) is 68.7 Å². The number of nitrogens with zero attached hydrogens (tertiary/aromatic N) is 2. The molecule has 1 aliphatic heterocycles. The molecule has 0 unspecified atom stereocenters. The molecule has 100 valence electrons. The largest absolute Gasteiger partial charge is 0.329 e. The first-order valence-corrected chi connectivity index (χ1v) is 7.69. The van der Waals surface area contributed by atoms with Gasteiger partial charge in [-0.15, -0.1) is 0 Å². The van der Waals surface area contributed by atoms with Crippen LogP contribution in [0.15, 0.2) is 0 Å². The predicted octanol–water partition coefficient (Wildman–Crippen LogP) is 2.99. The van der Waals surface area contributed by atoms with Crippen molar-refractivity contribution in [2.75, 3.05) is 6.54 Å². The minimum Gasteiger partial charge on any atom is -0.329 e. The number of nitrogens with one attached hydrogen (secondary N) is 1. The highest BCUT2D eigenvalue weighted by Crippen LogP contribution is 2.31. The summed E-state index contributed by atoms with van der Waals surface area (Å²) in [5.41, 5.74) is 2.86. The minimum absolute atomic E-state index is 0.733. The van der Waals surface area contributed by atoms with Crippen molar-refractivity contribution in [3.8, 4) is 0 Å². The average Bonchev–Trinajstić information content (AvgIpc) is 2.59. The van der Waals surface area contributed by atoms with E-state index >= 15 is 0 Å². The number of rotatable bonds is 2. The van der Waals surface area contributed by atoms with Crippen LogP contribution in [0.2, 0.25) is 0 Å². The zero-order valence-electron chi connectivity index (χ0n) is 11.5. The van der Waals surface area contributed by atoms with Gasteiger partial charge in [0.15, 0.2) is 0 Å². The molecule has 0 bridgehead atoms. The van der Waals surface area contributed by atoms with E-state index in [2.05, 4.69) is 16.8 Å². The van der Waals surface area contributed by atoms with Crippen LogP contribution in [0, 0.1) is 0 Å². The Balaban J connectivity index is 1.95. The molecular weight excluding hydrogens is 222 g/mol. The van der Waals surface area contributed by atoms with Crippen molar-refractivity contribution in [2.45, 2.75) is 70.9 Å². The van der Waals surface area contributed by atoms with Gasteiger partial charge < -0.3 is 9.88 Å². The number of fused-ring (bicyclic) bond motifs is 1. The van der Waals surface area contributed by atoms with Crippen LogP contribution in [0.3, 0.4) is 0 Å². The van der Waals surface area contributed by atoms with E-state index < -0.39 is 0 Å². The second-order valence-electron chi connectivity index (χ2n) is 5.72. The van der Waals surface area contributed by atoms with Gasteiger partial charge in [0.1, 0.15) is 5.82 Å². The number of hydrogen-bond acceptors (Lipinski definition) is 2. The van der Waals surface area contributed by atoms with Crippen LogP contribution < -0.4 is 5.32 Å². The third kappa shape index (κ3) is 2.20. The SMILES string of the molecule is CCc1nc2c(n1C1CCCCCC1)CCNC2. The Morgan fingerprint density at radius 1 is 1.22 bits per heavy atom. The van der Waals surface area contributed by atoms with E-state index in [1.165, 1.54) is 62.2 Å². The lowest BCUT2D eigenvalue weighted by atomic mass is 10.1. The fourth-order valence-electron chi connectivity index (χ4n) is 3.59. The van der Waals surface area contributed by atoms with Crippen LogP contribution in [0.5, 0.6) is 0 Å². The molecule has 0 radical (unpaired) electrons. The van der Waals surface area contributed by atoms with Crippen molar-refractivity contribution in [2.24, 2.45) is 0 Å². The molecule has 0 aromatic carbocycles. The third-order valence-corrected chi connectivity index (χ3v) is 4.50. The lowest BCUT2D eigenvalue weighted by molar-refractivity contribution is 0.414. The van der Waals surface area contributed by atoms with Crippen molar-refractivity contribution in [3.63, 3.8) is 0 Å². The zero-order chi connectivity index (χ0) is 12.4. The Bertz CT molecular complexity index is 400. The van der Waals surface area contributed by atoms with Crippen LogP contribution in [-0.4, -0.2) is 16.1 Å². The van der Waals surface area contributed by atoms with Gasteiger partial charge in [0.2, 0.25) is 0 Å². The van der Waals surface area contributed by atoms with Gasteiger partial charge in [0.05, 0.1) is 5.69 Å². The van der Waals surface area contributed by atoms with E-state index in [0.29, 0.717) is 0 Å². The summed E-state index contributed by atoms with van der Waals surface area (Å²) >= 11 is 0. The topological polar surface area (TPSA) is 29.9 Å². The maximum absolute atomic E-state index is 4.88.